The smallest absolute Gasteiger partial charge is 0.358 e. The van der Waals surface area contributed by atoms with Gasteiger partial charge < -0.3 is 10.4 Å². The first-order valence-electron chi connectivity index (χ1n) is 6.07. The molecule has 8 heteroatoms. The Morgan fingerprint density at radius 3 is 2.48 bits per heavy atom. The van der Waals surface area contributed by atoms with Crippen molar-refractivity contribution in [3.63, 3.8) is 0 Å². The van der Waals surface area contributed by atoms with Crippen molar-refractivity contribution in [2.75, 3.05) is 5.32 Å². The molecule has 1 aromatic carbocycles. The molecule has 1 aromatic heterocycles. The second-order valence-corrected chi connectivity index (χ2v) is 5.37. The van der Waals surface area contributed by atoms with Crippen molar-refractivity contribution < 1.29 is 14.7 Å². The molecular weight excluding hydrogens is 340 g/mol. The number of hydrogen-bond donors (Lipinski definition) is 2. The van der Waals surface area contributed by atoms with Gasteiger partial charge in [0.2, 0.25) is 5.91 Å². The lowest BCUT2D eigenvalue weighted by atomic mass is 10.1. The summed E-state index contributed by atoms with van der Waals surface area (Å²) in [5.41, 5.74) is 2.51. The molecule has 110 valence electrons. The van der Waals surface area contributed by atoms with E-state index in [9.17, 15) is 9.59 Å². The molecule has 2 N–H and O–H groups in total. The molecule has 0 spiro atoms. The average molecular weight is 353 g/mol. The number of hydrogen-bond acceptors (Lipinski definition) is 4. The van der Waals surface area contributed by atoms with Gasteiger partial charge in [0.1, 0.15) is 6.54 Å². The summed E-state index contributed by atoms with van der Waals surface area (Å²) in [6, 6.07) is 3.69. The summed E-state index contributed by atoms with van der Waals surface area (Å²) >= 11 is 3.46. The van der Waals surface area contributed by atoms with Crippen LogP contribution in [0.5, 0.6) is 0 Å². The zero-order valence-corrected chi connectivity index (χ0v) is 13.0. The van der Waals surface area contributed by atoms with Crippen LogP contribution in [-0.4, -0.2) is 32.0 Å². The first-order chi connectivity index (χ1) is 9.86. The van der Waals surface area contributed by atoms with E-state index in [0.29, 0.717) is 5.69 Å². The predicted molar refractivity (Wildman–Crippen MR) is 79.2 cm³/mol. The van der Waals surface area contributed by atoms with Crippen LogP contribution in [0.3, 0.4) is 0 Å². The lowest BCUT2D eigenvalue weighted by molar-refractivity contribution is -0.116. The Labute approximate surface area is 129 Å². The number of carboxylic acids is 1. The van der Waals surface area contributed by atoms with Crippen molar-refractivity contribution >= 4 is 33.5 Å². The number of aromatic nitrogens is 3. The monoisotopic (exact) mass is 352 g/mol. The number of carbonyl (C=O) groups excluding carboxylic acids is 1. The molecular formula is C13H13BrN4O3. The number of nitrogens with zero attached hydrogens (tertiary/aromatic N) is 3. The molecule has 0 fully saturated rings. The number of nitrogens with one attached hydrogen (secondary N) is 1. The van der Waals surface area contributed by atoms with Crippen LogP contribution in [0.15, 0.2) is 22.8 Å². The molecule has 7 nitrogen and oxygen atoms in total. The van der Waals surface area contributed by atoms with E-state index in [-0.39, 0.29) is 18.1 Å². The molecule has 0 radical (unpaired) electrons. The number of rotatable bonds is 4. The molecule has 2 aromatic rings. The summed E-state index contributed by atoms with van der Waals surface area (Å²) in [6.45, 7) is 3.76. The Morgan fingerprint density at radius 2 is 1.95 bits per heavy atom. The fraction of sp³-hybridized carbons (Fsp3) is 0.231. The Morgan fingerprint density at radius 1 is 1.33 bits per heavy atom. The van der Waals surface area contributed by atoms with Crippen LogP contribution in [0.1, 0.15) is 21.6 Å². The number of carbonyl (C=O) groups is 2. The highest BCUT2D eigenvalue weighted by atomic mass is 79.9. The van der Waals surface area contributed by atoms with Crippen molar-refractivity contribution in [2.24, 2.45) is 0 Å². The summed E-state index contributed by atoms with van der Waals surface area (Å²) in [5.74, 6) is -1.49. The maximum atomic E-state index is 11.9. The molecule has 0 aliphatic heterocycles. The van der Waals surface area contributed by atoms with E-state index in [1.165, 1.54) is 10.9 Å². The third-order valence-electron chi connectivity index (χ3n) is 2.78. The zero-order valence-electron chi connectivity index (χ0n) is 11.4. The summed E-state index contributed by atoms with van der Waals surface area (Å²) < 4.78 is 2.18. The van der Waals surface area contributed by atoms with Gasteiger partial charge >= 0.3 is 5.97 Å². The van der Waals surface area contributed by atoms with Crippen molar-refractivity contribution in [1.29, 1.82) is 0 Å². The minimum atomic E-state index is -1.18. The Kier molecular flexibility index (Phi) is 4.37. The van der Waals surface area contributed by atoms with Gasteiger partial charge in [-0.2, -0.15) is 0 Å². The topological polar surface area (TPSA) is 97.1 Å². The largest absolute Gasteiger partial charge is 0.476 e. The number of carboxylic acid groups (broad SMARTS) is 1. The van der Waals surface area contributed by atoms with Gasteiger partial charge in [0.15, 0.2) is 5.69 Å². The SMILES string of the molecule is Cc1cc(NC(=O)Cn2cc(C(=O)O)nn2)cc(C)c1Br. The van der Waals surface area contributed by atoms with E-state index >= 15 is 0 Å². The molecule has 0 atom stereocenters. The van der Waals surface area contributed by atoms with Crippen LogP contribution in [0.2, 0.25) is 0 Å². The van der Waals surface area contributed by atoms with Gasteiger partial charge in [-0.15, -0.1) is 5.10 Å². The highest BCUT2D eigenvalue weighted by Gasteiger charge is 2.11. The second-order valence-electron chi connectivity index (χ2n) is 4.58. The normalized spacial score (nSPS) is 10.4. The fourth-order valence-corrected chi connectivity index (χ4v) is 2.07. The predicted octanol–water partition coefficient (Wildman–Crippen LogP) is 1.99. The van der Waals surface area contributed by atoms with E-state index in [1.54, 1.807) is 0 Å². The minimum Gasteiger partial charge on any atom is -0.476 e. The molecule has 21 heavy (non-hydrogen) atoms. The Hall–Kier alpha value is -2.22. The zero-order chi connectivity index (χ0) is 15.6. The van der Waals surface area contributed by atoms with Crippen LogP contribution >= 0.6 is 15.9 Å². The van der Waals surface area contributed by atoms with Crippen molar-refractivity contribution in [2.45, 2.75) is 20.4 Å². The molecule has 0 aliphatic rings. The lowest BCUT2D eigenvalue weighted by Gasteiger charge is -2.09. The van der Waals surface area contributed by atoms with Crippen LogP contribution in [-0.2, 0) is 11.3 Å². The molecule has 2 rings (SSSR count). The average Bonchev–Trinajstić information content (AvgIpc) is 2.84. The highest BCUT2D eigenvalue weighted by Crippen LogP contribution is 2.24. The maximum absolute atomic E-state index is 11.9. The quantitative estimate of drug-likeness (QED) is 0.876. The molecule has 1 amide bonds. The van der Waals surface area contributed by atoms with Crippen molar-refractivity contribution in [1.82, 2.24) is 15.0 Å². The van der Waals surface area contributed by atoms with Crippen LogP contribution in [0, 0.1) is 13.8 Å². The molecule has 0 unspecified atom stereocenters. The maximum Gasteiger partial charge on any atom is 0.358 e. The molecule has 1 heterocycles. The summed E-state index contributed by atoms with van der Waals surface area (Å²) in [4.78, 5) is 22.6. The van der Waals surface area contributed by atoms with Gasteiger partial charge in [0.25, 0.3) is 0 Å². The van der Waals surface area contributed by atoms with Gasteiger partial charge in [0, 0.05) is 10.2 Å². The van der Waals surface area contributed by atoms with Crippen LogP contribution < -0.4 is 5.32 Å². The van der Waals surface area contributed by atoms with Crippen molar-refractivity contribution in [3.8, 4) is 0 Å². The number of amides is 1. The van der Waals surface area contributed by atoms with Gasteiger partial charge in [-0.05, 0) is 37.1 Å². The number of aromatic carboxylic acids is 1. The lowest BCUT2D eigenvalue weighted by Crippen LogP contribution is -2.19. The van der Waals surface area contributed by atoms with E-state index in [1.807, 2.05) is 26.0 Å². The third-order valence-corrected chi connectivity index (χ3v) is 4.03. The van der Waals surface area contributed by atoms with E-state index < -0.39 is 5.97 Å². The molecule has 0 aliphatic carbocycles. The molecule has 0 bridgehead atoms. The summed E-state index contributed by atoms with van der Waals surface area (Å²) in [6.07, 6.45) is 1.21. The van der Waals surface area contributed by atoms with Crippen LogP contribution in [0.25, 0.3) is 0 Å². The standard InChI is InChI=1S/C13H13BrN4O3/c1-7-3-9(4-8(2)12(7)14)15-11(19)6-18-5-10(13(20)21)16-17-18/h3-5H,6H2,1-2H3,(H,15,19)(H,20,21). The Bertz CT molecular complexity index is 688. The fourth-order valence-electron chi connectivity index (χ4n) is 1.84. The molecule has 0 saturated carbocycles. The van der Waals surface area contributed by atoms with Crippen LogP contribution in [0.4, 0.5) is 5.69 Å². The Balaban J connectivity index is 2.06. The summed E-state index contributed by atoms with van der Waals surface area (Å²) in [7, 11) is 0. The van der Waals surface area contributed by atoms with Crippen molar-refractivity contribution in [3.05, 3.63) is 39.6 Å². The van der Waals surface area contributed by atoms with Gasteiger partial charge in [0.05, 0.1) is 6.20 Å². The molecule has 0 saturated heterocycles. The minimum absolute atomic E-state index is 0.103. The number of benzene rings is 1. The first-order valence-corrected chi connectivity index (χ1v) is 6.86. The third kappa shape index (κ3) is 3.66. The second kappa shape index (κ2) is 6.04. The summed E-state index contributed by atoms with van der Waals surface area (Å²) in [5, 5.41) is 18.5. The number of halogens is 1. The first kappa shape index (κ1) is 15.2. The highest BCUT2D eigenvalue weighted by molar-refractivity contribution is 9.10. The van der Waals surface area contributed by atoms with E-state index in [0.717, 1.165) is 15.6 Å². The van der Waals surface area contributed by atoms with Gasteiger partial charge in [-0.3, -0.25) is 4.79 Å². The van der Waals surface area contributed by atoms with Gasteiger partial charge in [-0.25, -0.2) is 9.48 Å². The number of anilines is 1. The number of aryl methyl sites for hydroxylation is 2. The van der Waals surface area contributed by atoms with E-state index in [2.05, 4.69) is 31.6 Å². The van der Waals surface area contributed by atoms with E-state index in [4.69, 9.17) is 5.11 Å². The van der Waals surface area contributed by atoms with Gasteiger partial charge in [-0.1, -0.05) is 21.1 Å².